The van der Waals surface area contributed by atoms with Crippen LogP contribution >= 0.6 is 0 Å². The second kappa shape index (κ2) is 5.90. The Balaban J connectivity index is 1.50. The lowest BCUT2D eigenvalue weighted by Gasteiger charge is -2.33. The summed E-state index contributed by atoms with van der Waals surface area (Å²) in [6.07, 6.45) is 9.40. The largest absolute Gasteiger partial charge is 0.461 e. The van der Waals surface area contributed by atoms with E-state index < -0.39 is 0 Å². The first-order valence-corrected chi connectivity index (χ1v) is 8.32. The van der Waals surface area contributed by atoms with E-state index in [9.17, 15) is 0 Å². The molecule has 0 spiro atoms. The molecule has 0 aromatic heterocycles. The van der Waals surface area contributed by atoms with Gasteiger partial charge in [-0.15, -0.1) is 0 Å². The van der Waals surface area contributed by atoms with Crippen LogP contribution in [0.5, 0.6) is 5.75 Å². The molecular weight excluding hydrogens is 274 g/mol. The van der Waals surface area contributed by atoms with Crippen molar-refractivity contribution in [1.82, 2.24) is 5.32 Å². The van der Waals surface area contributed by atoms with Gasteiger partial charge in [0.2, 0.25) is 0 Å². The molecule has 116 valence electrons. The summed E-state index contributed by atoms with van der Waals surface area (Å²) >= 11 is 0. The van der Waals surface area contributed by atoms with Gasteiger partial charge in [-0.3, -0.25) is 0 Å². The molecule has 0 radical (unpaired) electrons. The zero-order valence-corrected chi connectivity index (χ0v) is 13.0. The van der Waals surface area contributed by atoms with Crippen LogP contribution in [0.2, 0.25) is 0 Å². The third-order valence-electron chi connectivity index (χ3n) is 5.03. The van der Waals surface area contributed by atoms with Crippen LogP contribution in [0.15, 0.2) is 47.7 Å². The van der Waals surface area contributed by atoms with E-state index in [0.29, 0.717) is 0 Å². The third kappa shape index (κ3) is 2.49. The topological polar surface area (TPSA) is 30.5 Å². The lowest BCUT2D eigenvalue weighted by atomic mass is 9.86. The van der Waals surface area contributed by atoms with Gasteiger partial charge in [0.1, 0.15) is 11.5 Å². The van der Waals surface area contributed by atoms with Crippen LogP contribution in [0.25, 0.3) is 0 Å². The second-order valence-corrected chi connectivity index (χ2v) is 6.47. The van der Waals surface area contributed by atoms with Crippen LogP contribution in [0.1, 0.15) is 37.3 Å². The van der Waals surface area contributed by atoms with Crippen LogP contribution in [-0.4, -0.2) is 19.8 Å². The monoisotopic (exact) mass is 297 g/mol. The summed E-state index contributed by atoms with van der Waals surface area (Å²) in [7, 11) is 2.00. The first-order chi connectivity index (χ1) is 10.8. The van der Waals surface area contributed by atoms with Gasteiger partial charge in [-0.25, -0.2) is 0 Å². The Bertz CT molecular complexity index is 616. The van der Waals surface area contributed by atoms with Crippen LogP contribution in [0, 0.1) is 5.92 Å². The summed E-state index contributed by atoms with van der Waals surface area (Å²) in [6.45, 7) is 0.893. The number of benzene rings is 1. The number of hydrogen-bond donors (Lipinski definition) is 1. The van der Waals surface area contributed by atoms with Crippen LogP contribution in [-0.2, 0) is 4.74 Å². The molecule has 1 heterocycles. The Morgan fingerprint density at radius 1 is 1.27 bits per heavy atom. The normalized spacial score (nSPS) is 27.0. The van der Waals surface area contributed by atoms with Crippen molar-refractivity contribution in [3.8, 4) is 5.75 Å². The number of para-hydroxylation sites is 1. The quantitative estimate of drug-likeness (QED) is 0.918. The summed E-state index contributed by atoms with van der Waals surface area (Å²) in [5, 5.41) is 3.41. The Morgan fingerprint density at radius 3 is 2.91 bits per heavy atom. The molecule has 2 unspecified atom stereocenters. The summed E-state index contributed by atoms with van der Waals surface area (Å²) < 4.78 is 12.2. The molecule has 0 bridgehead atoms. The molecule has 3 heteroatoms. The molecule has 1 aromatic carbocycles. The molecule has 0 saturated heterocycles. The van der Waals surface area contributed by atoms with Gasteiger partial charge in [-0.05, 0) is 31.9 Å². The third-order valence-corrected chi connectivity index (χ3v) is 5.03. The molecular formula is C19H23NO2. The summed E-state index contributed by atoms with van der Waals surface area (Å²) in [6, 6.07) is 8.48. The first kappa shape index (κ1) is 14.0. The van der Waals surface area contributed by atoms with E-state index in [1.807, 2.05) is 19.2 Å². The zero-order chi connectivity index (χ0) is 14.9. The average molecular weight is 297 g/mol. The highest BCUT2D eigenvalue weighted by atomic mass is 16.5. The molecule has 2 atom stereocenters. The van der Waals surface area contributed by atoms with Crippen molar-refractivity contribution < 1.29 is 9.47 Å². The molecule has 22 heavy (non-hydrogen) atoms. The predicted molar refractivity (Wildman–Crippen MR) is 86.7 cm³/mol. The molecule has 0 amide bonds. The number of rotatable bonds is 4. The summed E-state index contributed by atoms with van der Waals surface area (Å²) in [5.41, 5.74) is 2.45. The van der Waals surface area contributed by atoms with Crippen LogP contribution in [0.3, 0.4) is 0 Å². The highest BCUT2D eigenvalue weighted by molar-refractivity contribution is 5.49. The maximum absolute atomic E-state index is 6.15. The van der Waals surface area contributed by atoms with E-state index in [2.05, 4.69) is 29.6 Å². The second-order valence-electron chi connectivity index (χ2n) is 6.47. The lowest BCUT2D eigenvalue weighted by molar-refractivity contribution is 0.0295. The minimum absolute atomic E-state index is 0.155. The molecule has 1 aliphatic heterocycles. The maximum atomic E-state index is 6.15. The van der Waals surface area contributed by atoms with Crippen LogP contribution < -0.4 is 10.1 Å². The van der Waals surface area contributed by atoms with Gasteiger partial charge in [0.15, 0.2) is 0 Å². The number of fused-ring (bicyclic) bond motifs is 1. The van der Waals surface area contributed by atoms with Crippen molar-refractivity contribution in [3.63, 3.8) is 0 Å². The van der Waals surface area contributed by atoms with E-state index in [1.165, 1.54) is 30.4 Å². The minimum atomic E-state index is 0.155. The van der Waals surface area contributed by atoms with Gasteiger partial charge in [-0.2, -0.15) is 0 Å². The Morgan fingerprint density at radius 2 is 2.14 bits per heavy atom. The van der Waals surface area contributed by atoms with Crippen molar-refractivity contribution in [1.29, 1.82) is 0 Å². The number of likely N-dealkylation sites (N-methyl/N-ethyl adjacent to an activating group) is 1. The summed E-state index contributed by atoms with van der Waals surface area (Å²) in [4.78, 5) is 0. The van der Waals surface area contributed by atoms with Crippen LogP contribution in [0.4, 0.5) is 0 Å². The molecule has 4 rings (SSSR count). The molecule has 1 fully saturated rings. The fourth-order valence-corrected chi connectivity index (χ4v) is 3.49. The molecule has 1 saturated carbocycles. The molecule has 2 aliphatic carbocycles. The standard InChI is InChI=1S/C19H23NO2/c1-20-19-15-7-2-3-8-17(15)22-18-11-14(9-10-16(18)19)21-12-13-5-4-6-13/h2-3,7-10,13-14,19-20H,4-6,11-12H2,1H3. The Kier molecular flexibility index (Phi) is 3.77. The number of nitrogens with one attached hydrogen (secondary N) is 1. The van der Waals surface area contributed by atoms with Gasteiger partial charge < -0.3 is 14.8 Å². The maximum Gasteiger partial charge on any atom is 0.132 e. The minimum Gasteiger partial charge on any atom is -0.461 e. The Labute approximate surface area is 132 Å². The highest BCUT2D eigenvalue weighted by Crippen LogP contribution is 2.41. The van der Waals surface area contributed by atoms with Crippen molar-refractivity contribution in [2.45, 2.75) is 37.8 Å². The van der Waals surface area contributed by atoms with Gasteiger partial charge in [0.05, 0.1) is 18.8 Å². The van der Waals surface area contributed by atoms with Crippen molar-refractivity contribution in [2.75, 3.05) is 13.7 Å². The fraction of sp³-hybridized carbons (Fsp3) is 0.474. The smallest absolute Gasteiger partial charge is 0.132 e. The summed E-state index contributed by atoms with van der Waals surface area (Å²) in [5.74, 6) is 2.80. The Hall–Kier alpha value is -1.58. The molecule has 1 N–H and O–H groups in total. The average Bonchev–Trinajstić information content (AvgIpc) is 2.51. The van der Waals surface area contributed by atoms with E-state index >= 15 is 0 Å². The van der Waals surface area contributed by atoms with Crippen molar-refractivity contribution in [3.05, 3.63) is 53.3 Å². The molecule has 3 nitrogen and oxygen atoms in total. The van der Waals surface area contributed by atoms with Gasteiger partial charge in [0.25, 0.3) is 0 Å². The molecule has 3 aliphatic rings. The van der Waals surface area contributed by atoms with E-state index in [4.69, 9.17) is 9.47 Å². The number of ether oxygens (including phenoxy) is 2. The number of hydrogen-bond acceptors (Lipinski definition) is 3. The molecule has 1 aromatic rings. The van der Waals surface area contributed by atoms with E-state index in [0.717, 1.165) is 30.5 Å². The van der Waals surface area contributed by atoms with Crippen molar-refractivity contribution >= 4 is 0 Å². The first-order valence-electron chi connectivity index (χ1n) is 8.32. The van der Waals surface area contributed by atoms with E-state index in [1.54, 1.807) is 0 Å². The SMILES string of the molecule is CNC1C2=C(CC(OCC3CCC3)C=C2)Oc2ccccc21. The lowest BCUT2D eigenvalue weighted by Crippen LogP contribution is -2.29. The van der Waals surface area contributed by atoms with Gasteiger partial charge >= 0.3 is 0 Å². The highest BCUT2D eigenvalue weighted by Gasteiger charge is 2.31. The zero-order valence-electron chi connectivity index (χ0n) is 13.0. The van der Waals surface area contributed by atoms with Gasteiger partial charge in [-0.1, -0.05) is 36.8 Å². The fourth-order valence-electron chi connectivity index (χ4n) is 3.49. The van der Waals surface area contributed by atoms with Gasteiger partial charge in [0, 0.05) is 17.6 Å². The van der Waals surface area contributed by atoms with E-state index in [-0.39, 0.29) is 12.1 Å². The van der Waals surface area contributed by atoms with Crippen molar-refractivity contribution in [2.24, 2.45) is 5.92 Å². The predicted octanol–water partition coefficient (Wildman–Crippen LogP) is 3.74.